The Labute approximate surface area is 660 Å². The summed E-state index contributed by atoms with van der Waals surface area (Å²) in [6, 6.07) is 16.0. The van der Waals surface area contributed by atoms with Crippen LogP contribution in [0.3, 0.4) is 0 Å². The summed E-state index contributed by atoms with van der Waals surface area (Å²) in [5, 5.41) is 36.9. The van der Waals surface area contributed by atoms with Gasteiger partial charge in [-0.05, 0) is 152 Å². The van der Waals surface area contributed by atoms with Gasteiger partial charge in [-0.1, -0.05) is 13.8 Å². The normalized spacial score (nSPS) is 18.7. The first kappa shape index (κ1) is 83.3. The highest BCUT2D eigenvalue weighted by Gasteiger charge is 2.38. The second kappa shape index (κ2) is 39.2. The number of rotatable bonds is 25. The van der Waals surface area contributed by atoms with E-state index in [1.165, 1.54) is 54.6 Å². The second-order valence-corrected chi connectivity index (χ2v) is 29.3. The molecule has 0 saturated carbocycles. The number of amides is 9. The van der Waals surface area contributed by atoms with E-state index in [4.69, 9.17) is 28.4 Å². The van der Waals surface area contributed by atoms with Crippen molar-refractivity contribution < 1.29 is 71.6 Å². The van der Waals surface area contributed by atoms with Crippen molar-refractivity contribution in [2.24, 2.45) is 17.8 Å². The molecule has 598 valence electrons. The maximum Gasteiger partial charge on any atom is 0.328 e. The third-order valence-corrected chi connectivity index (χ3v) is 21.2. The van der Waals surface area contributed by atoms with Gasteiger partial charge in [-0.15, -0.1) is 0 Å². The third-order valence-electron chi connectivity index (χ3n) is 21.2. The van der Waals surface area contributed by atoms with Crippen LogP contribution < -0.4 is 30.7 Å². The fraction of sp³-hybridized carbons (Fsp3) is 0.481. The van der Waals surface area contributed by atoms with Crippen molar-refractivity contribution in [1.82, 2.24) is 44.6 Å². The van der Waals surface area contributed by atoms with Crippen LogP contribution in [0.25, 0.3) is 0 Å². The van der Waals surface area contributed by atoms with Gasteiger partial charge in [0, 0.05) is 175 Å². The lowest BCUT2D eigenvalue weighted by molar-refractivity contribution is -0.137. The van der Waals surface area contributed by atoms with E-state index in [0.29, 0.717) is 210 Å². The Bertz CT molecular complexity index is 4530. The average Bonchev–Trinajstić information content (AvgIpc) is 1.71. The number of aromatic nitrogens is 6. The molecular weight excluding hydrogens is 1470 g/mol. The van der Waals surface area contributed by atoms with Crippen molar-refractivity contribution in [3.05, 3.63) is 139 Å². The standard InChI is InChI=1S/C27H30N6O5.2C27H32N6O5/c1-37-23-4-7-32(26(23)35)14-20-10-18-3-2-6-33(25(18)30-22(20)15-34)27(36)31-24-11-19(21(12-28)13-29-24)9-17-5-8-38-16-17;2*1-17(16-37-2)9-19-11-24(29-13-21(19)12-28)31-27(36)33-7-4-5-18-10-20(22(15-34)30-25(18)33)14-32-8-6-23(38-3)26(32)35/h10-11,13,15,17,23H,2-9,14,16H2,1H3,(H,29,31,36);2*10-11,13,15,17,23H,4-9,14,16H2,1-3H3,(H,29,31,36)/t2*17-,23+;17-,23-/m100/s1. The van der Waals surface area contributed by atoms with Gasteiger partial charge in [-0.3, -0.25) is 59.4 Å². The van der Waals surface area contributed by atoms with Gasteiger partial charge < -0.3 is 43.1 Å². The number of aldehydes is 3. The molecule has 6 aromatic rings. The number of methoxy groups -OCH3 is 5. The molecule has 0 aromatic carbocycles. The van der Waals surface area contributed by atoms with Crippen LogP contribution in [0, 0.1) is 51.7 Å². The lowest BCUT2D eigenvalue weighted by Gasteiger charge is -2.29. The minimum absolute atomic E-state index is 0.0992. The summed E-state index contributed by atoms with van der Waals surface area (Å²) >= 11 is 0. The van der Waals surface area contributed by atoms with Crippen LogP contribution >= 0.6 is 0 Å². The number of nitriles is 3. The van der Waals surface area contributed by atoms with Gasteiger partial charge in [0.05, 0.1) is 16.7 Å². The number of urea groups is 3. The van der Waals surface area contributed by atoms with Gasteiger partial charge in [0.15, 0.2) is 18.9 Å². The maximum absolute atomic E-state index is 13.3. The molecule has 13 heterocycles. The number of nitrogens with one attached hydrogen (secondary N) is 3. The van der Waals surface area contributed by atoms with Crippen molar-refractivity contribution in [1.29, 1.82) is 15.8 Å². The van der Waals surface area contributed by atoms with Crippen molar-refractivity contribution in [3.63, 3.8) is 0 Å². The lowest BCUT2D eigenvalue weighted by Crippen LogP contribution is -2.40. The second-order valence-electron chi connectivity index (χ2n) is 29.3. The minimum Gasteiger partial charge on any atom is -0.384 e. The molecule has 9 amide bonds. The van der Waals surface area contributed by atoms with Crippen LogP contribution in [0.2, 0.25) is 0 Å². The van der Waals surface area contributed by atoms with Gasteiger partial charge >= 0.3 is 18.1 Å². The monoisotopic (exact) mass is 1560 g/mol. The Morgan fingerprint density at radius 2 is 0.825 bits per heavy atom. The molecule has 7 aliphatic rings. The van der Waals surface area contributed by atoms with E-state index in [0.717, 1.165) is 65.7 Å². The molecule has 3 N–H and O–H groups in total. The first-order valence-corrected chi connectivity index (χ1v) is 38.1. The summed E-state index contributed by atoms with van der Waals surface area (Å²) in [7, 11) is 7.80. The Kier molecular flexibility index (Phi) is 28.7. The van der Waals surface area contributed by atoms with Crippen LogP contribution in [-0.2, 0) is 101 Å². The average molecular weight is 1560 g/mol. The van der Waals surface area contributed by atoms with Crippen LogP contribution in [0.4, 0.5) is 49.3 Å². The molecule has 13 rings (SSSR count). The smallest absolute Gasteiger partial charge is 0.328 e. The van der Waals surface area contributed by atoms with E-state index in [2.05, 4.69) is 64.1 Å². The number of pyridine rings is 6. The third kappa shape index (κ3) is 19.9. The van der Waals surface area contributed by atoms with E-state index in [9.17, 15) is 58.9 Å². The minimum atomic E-state index is -0.459. The van der Waals surface area contributed by atoms with Crippen LogP contribution in [-0.4, -0.2) is 219 Å². The molecule has 6 aromatic heterocycles. The van der Waals surface area contributed by atoms with Gasteiger partial charge in [0.1, 0.15) is 88.5 Å². The predicted octanol–water partition coefficient (Wildman–Crippen LogP) is 7.91. The van der Waals surface area contributed by atoms with Crippen molar-refractivity contribution in [3.8, 4) is 18.2 Å². The number of hydrogen-bond acceptors (Lipinski definition) is 24. The summed E-state index contributed by atoms with van der Waals surface area (Å²) in [6.07, 6.45) is 13.9. The SMILES string of the molecule is COC[C@@H](C)Cc1cc(NC(=O)N2CCCc3cc(CN4CC[C@@H](OC)C4=O)c(C=O)nc32)ncc1C#N.COC[C@@H](C)Cc1cc(NC(=O)N2CCCc3cc(CN4CC[C@H](OC)C4=O)c(C=O)nc32)ncc1C#N.CO[C@H]1CCN(Cc2cc3c(nc2C=O)N(C(=O)Nc2cc(C[C@H]4CCOC4)c(C#N)cn2)CCC3)C1=O. The van der Waals surface area contributed by atoms with Crippen molar-refractivity contribution in [2.75, 3.05) is 132 Å². The molecule has 0 bridgehead atoms. The molecule has 7 aliphatic heterocycles. The first-order chi connectivity index (χ1) is 55.2. The molecule has 4 saturated heterocycles. The number of anilines is 6. The quantitative estimate of drug-likeness (QED) is 0.0458. The lowest BCUT2D eigenvalue weighted by atomic mass is 9.96. The fourth-order valence-electron chi connectivity index (χ4n) is 15.4. The van der Waals surface area contributed by atoms with Crippen LogP contribution in [0.1, 0.15) is 157 Å². The Morgan fingerprint density at radius 1 is 0.491 bits per heavy atom. The van der Waals surface area contributed by atoms with E-state index < -0.39 is 36.4 Å². The number of fused-ring (bicyclic) bond motifs is 3. The number of likely N-dealkylation sites (tertiary alicyclic amines) is 3. The van der Waals surface area contributed by atoms with Gasteiger partial charge in [0.2, 0.25) is 0 Å². The van der Waals surface area contributed by atoms with Gasteiger partial charge in [-0.25, -0.2) is 44.3 Å². The Balaban J connectivity index is 0.000000169. The zero-order valence-corrected chi connectivity index (χ0v) is 65.1. The molecule has 6 atom stereocenters. The largest absolute Gasteiger partial charge is 0.384 e. The number of nitrogens with zero attached hydrogens (tertiary/aromatic N) is 15. The topological polar surface area (TPSA) is 413 Å². The number of carbonyl (C=O) groups is 9. The zero-order valence-electron chi connectivity index (χ0n) is 65.1. The maximum atomic E-state index is 13.3. The van der Waals surface area contributed by atoms with E-state index in [1.54, 1.807) is 47.1 Å². The molecule has 0 unspecified atom stereocenters. The molecule has 0 aliphatic carbocycles. The molecule has 0 spiro atoms. The Hall–Kier alpha value is -11.6. The van der Waals surface area contributed by atoms with E-state index in [1.807, 2.05) is 32.0 Å². The molecule has 114 heavy (non-hydrogen) atoms. The summed E-state index contributed by atoms with van der Waals surface area (Å²) in [5.74, 6) is 2.67. The predicted molar refractivity (Wildman–Crippen MR) is 414 cm³/mol. The highest BCUT2D eigenvalue weighted by molar-refractivity contribution is 6.04. The molecule has 33 heteroatoms. The molecule has 0 radical (unpaired) electrons. The van der Waals surface area contributed by atoms with E-state index in [-0.39, 0.29) is 66.3 Å². The number of ether oxygens (including phenoxy) is 6. The van der Waals surface area contributed by atoms with E-state index >= 15 is 0 Å². The highest BCUT2D eigenvalue weighted by Crippen LogP contribution is 2.35. The van der Waals surface area contributed by atoms with Crippen LogP contribution in [0.5, 0.6) is 0 Å². The number of carbonyl (C=O) groups excluding carboxylic acids is 9. The number of hydrogen-bond donors (Lipinski definition) is 3. The van der Waals surface area contributed by atoms with Gasteiger partial charge in [0.25, 0.3) is 17.7 Å². The number of aryl methyl sites for hydroxylation is 3. The summed E-state index contributed by atoms with van der Waals surface area (Å²) in [6.45, 7) is 10.2. The molecule has 4 fully saturated rings. The fourth-order valence-corrected chi connectivity index (χ4v) is 15.4. The molecule has 33 nitrogen and oxygen atoms in total. The summed E-state index contributed by atoms with van der Waals surface area (Å²) in [5.41, 5.74) is 8.83. The van der Waals surface area contributed by atoms with Crippen LogP contribution in [0.15, 0.2) is 55.0 Å². The zero-order chi connectivity index (χ0) is 81.1. The van der Waals surface area contributed by atoms with Gasteiger partial charge in [-0.2, -0.15) is 15.8 Å². The first-order valence-electron chi connectivity index (χ1n) is 38.1. The van der Waals surface area contributed by atoms with Crippen molar-refractivity contribution in [2.45, 2.75) is 135 Å². The summed E-state index contributed by atoms with van der Waals surface area (Å²) in [4.78, 5) is 149. The molecular formula is C81H94N18O15. The highest BCUT2D eigenvalue weighted by atomic mass is 16.5. The Morgan fingerprint density at radius 3 is 1.11 bits per heavy atom. The van der Waals surface area contributed by atoms with Crippen molar-refractivity contribution >= 4 is 89.6 Å². The summed E-state index contributed by atoms with van der Waals surface area (Å²) < 4.78 is 31.5.